The van der Waals surface area contributed by atoms with Crippen LogP contribution in [0.4, 0.5) is 0 Å². The Balaban J connectivity index is 2.05. The molecule has 0 aromatic heterocycles. The van der Waals surface area contributed by atoms with E-state index >= 15 is 0 Å². The quantitative estimate of drug-likeness (QED) is 0.507. The van der Waals surface area contributed by atoms with E-state index in [9.17, 15) is 8.42 Å². The second-order valence-electron chi connectivity index (χ2n) is 6.24. The van der Waals surface area contributed by atoms with Gasteiger partial charge in [-0.3, -0.25) is 4.84 Å². The van der Waals surface area contributed by atoms with Gasteiger partial charge in [0.05, 0.1) is 5.75 Å². The predicted octanol–water partition coefficient (Wildman–Crippen LogP) is 1.88. The van der Waals surface area contributed by atoms with Crippen molar-refractivity contribution in [3.05, 3.63) is 0 Å². The molecule has 0 N–H and O–H groups in total. The van der Waals surface area contributed by atoms with E-state index in [1.165, 1.54) is 0 Å². The number of alkyl halides is 2. The summed E-state index contributed by atoms with van der Waals surface area (Å²) in [7, 11) is -3.36. The summed E-state index contributed by atoms with van der Waals surface area (Å²) in [5.74, 6) is 0.198. The fraction of sp³-hybridized carbons (Fsp3) is 1.00. The maximum Gasteiger partial charge on any atom is 0.239 e. The van der Waals surface area contributed by atoms with Crippen LogP contribution in [0.1, 0.15) is 26.7 Å². The van der Waals surface area contributed by atoms with E-state index in [2.05, 4.69) is 13.8 Å². The van der Waals surface area contributed by atoms with Crippen molar-refractivity contribution in [1.82, 2.24) is 4.47 Å². The van der Waals surface area contributed by atoms with E-state index in [0.717, 1.165) is 17.3 Å². The summed E-state index contributed by atoms with van der Waals surface area (Å²) in [5.41, 5.74) is -1.66. The van der Waals surface area contributed by atoms with Gasteiger partial charge < -0.3 is 0 Å². The molecule has 0 aromatic carbocycles. The topological polar surface area (TPSA) is 49.7 Å². The summed E-state index contributed by atoms with van der Waals surface area (Å²) in [4.78, 5) is 5.44. The first-order valence-electron chi connectivity index (χ1n) is 5.74. The first-order chi connectivity index (χ1) is 7.64. The minimum atomic E-state index is -3.36. The minimum Gasteiger partial charge on any atom is -0.251 e. The van der Waals surface area contributed by atoms with Crippen LogP contribution >= 0.6 is 23.2 Å². The van der Waals surface area contributed by atoms with E-state index in [0.29, 0.717) is 0 Å². The molecule has 2 saturated heterocycles. The Morgan fingerprint density at radius 2 is 2.00 bits per heavy atom. The molecule has 2 aliphatic heterocycles. The van der Waals surface area contributed by atoms with E-state index in [4.69, 9.17) is 28.0 Å². The lowest BCUT2D eigenvalue weighted by atomic mass is 9.68. The Kier molecular flexibility index (Phi) is 1.59. The highest BCUT2D eigenvalue weighted by Gasteiger charge is 2.97. The van der Waals surface area contributed by atoms with Crippen molar-refractivity contribution in [3.8, 4) is 0 Å². The fourth-order valence-corrected chi connectivity index (χ4v) is 8.56. The van der Waals surface area contributed by atoms with Gasteiger partial charge in [0.15, 0.2) is 4.33 Å². The van der Waals surface area contributed by atoms with Crippen molar-refractivity contribution in [2.45, 2.75) is 36.7 Å². The van der Waals surface area contributed by atoms with Crippen LogP contribution in [0.15, 0.2) is 0 Å². The fourth-order valence-electron chi connectivity index (χ4n) is 4.73. The number of rotatable bonds is 0. The maximum atomic E-state index is 12.1. The van der Waals surface area contributed by atoms with E-state index < -0.39 is 25.5 Å². The molecule has 2 aliphatic carbocycles. The standard InChI is InChI=1S/C10H13Cl2NO3S/c1-7(2)6-3-4-8(7)5-17(14,15)13-10(8,16-13)9(6,11)12/h6H,3-5H2,1-2H3/t6?,8?,10-,13?/m1/s1. The lowest BCUT2D eigenvalue weighted by Gasteiger charge is -2.36. The van der Waals surface area contributed by atoms with E-state index in [1.54, 1.807) is 0 Å². The first kappa shape index (κ1) is 11.3. The van der Waals surface area contributed by atoms with Crippen LogP contribution in [-0.2, 0) is 14.9 Å². The molecule has 0 aromatic rings. The van der Waals surface area contributed by atoms with Crippen molar-refractivity contribution in [2.75, 3.05) is 5.75 Å². The van der Waals surface area contributed by atoms with Gasteiger partial charge in [-0.15, -0.1) is 0 Å². The van der Waals surface area contributed by atoms with Crippen LogP contribution in [0.2, 0.25) is 0 Å². The number of fused-ring (bicyclic) bond motifs is 1. The smallest absolute Gasteiger partial charge is 0.239 e. The molecule has 3 unspecified atom stereocenters. The average Bonchev–Trinajstić information content (AvgIpc) is 2.78. The molecule has 2 spiro atoms. The summed E-state index contributed by atoms with van der Waals surface area (Å²) < 4.78 is 24.1. The lowest BCUT2D eigenvalue weighted by molar-refractivity contribution is 0.0704. The van der Waals surface area contributed by atoms with Crippen molar-refractivity contribution in [1.29, 1.82) is 0 Å². The highest BCUT2D eigenvalue weighted by Crippen LogP contribution is 2.85. The largest absolute Gasteiger partial charge is 0.251 e. The second kappa shape index (κ2) is 2.40. The zero-order chi connectivity index (χ0) is 12.5. The SMILES string of the molecule is CC1(C)C2CCC13CS(=O)(=O)N1O[C@]13C2(Cl)Cl. The summed E-state index contributed by atoms with van der Waals surface area (Å²) in [6, 6.07) is 0. The Bertz CT molecular complexity index is 538. The van der Waals surface area contributed by atoms with Crippen molar-refractivity contribution >= 4 is 33.2 Å². The Hall–Kier alpha value is 0.450. The molecule has 2 saturated carbocycles. The third-order valence-electron chi connectivity index (χ3n) is 5.62. The molecule has 17 heavy (non-hydrogen) atoms. The Morgan fingerprint density at radius 3 is 2.53 bits per heavy atom. The number of halogens is 2. The molecule has 4 atom stereocenters. The summed E-state index contributed by atoms with van der Waals surface area (Å²) >= 11 is 13.0. The number of nitrogens with zero attached hydrogens (tertiary/aromatic N) is 1. The van der Waals surface area contributed by atoms with Gasteiger partial charge in [0, 0.05) is 11.3 Å². The normalized spacial score (nSPS) is 58.8. The van der Waals surface area contributed by atoms with E-state index in [1.807, 2.05) is 0 Å². The van der Waals surface area contributed by atoms with Crippen LogP contribution in [0.25, 0.3) is 0 Å². The molecule has 2 heterocycles. The number of sulfonamides is 1. The predicted molar refractivity (Wildman–Crippen MR) is 62.8 cm³/mol. The molecule has 4 rings (SSSR count). The number of hydrogen-bond acceptors (Lipinski definition) is 3. The van der Waals surface area contributed by atoms with Gasteiger partial charge >= 0.3 is 0 Å². The Labute approximate surface area is 110 Å². The number of hydrogen-bond donors (Lipinski definition) is 0. The average molecular weight is 298 g/mol. The van der Waals surface area contributed by atoms with Crippen LogP contribution in [0, 0.1) is 16.7 Å². The van der Waals surface area contributed by atoms with Crippen LogP contribution < -0.4 is 0 Å². The van der Waals surface area contributed by atoms with Gasteiger partial charge in [-0.05, 0) is 22.7 Å². The van der Waals surface area contributed by atoms with Gasteiger partial charge in [0.25, 0.3) is 0 Å². The molecule has 4 aliphatic rings. The van der Waals surface area contributed by atoms with Gasteiger partial charge in [-0.2, -0.15) is 0 Å². The maximum absolute atomic E-state index is 12.1. The molecule has 4 nitrogen and oxygen atoms in total. The van der Waals surface area contributed by atoms with Crippen LogP contribution in [0.5, 0.6) is 0 Å². The number of hydroxylamine groups is 1. The summed E-state index contributed by atoms with van der Waals surface area (Å²) in [6.07, 6.45) is 1.69. The Morgan fingerprint density at radius 1 is 1.35 bits per heavy atom. The minimum absolute atomic E-state index is 0.0823. The molecule has 0 radical (unpaired) electrons. The van der Waals surface area contributed by atoms with Crippen molar-refractivity contribution in [3.63, 3.8) is 0 Å². The second-order valence-corrected chi connectivity index (χ2v) is 9.41. The van der Waals surface area contributed by atoms with Gasteiger partial charge in [0.1, 0.15) is 0 Å². The summed E-state index contributed by atoms with van der Waals surface area (Å²) in [5, 5.41) is 0. The molecule has 0 amide bonds. The third kappa shape index (κ3) is 0.778. The molecular weight excluding hydrogens is 285 g/mol. The lowest BCUT2D eigenvalue weighted by Crippen LogP contribution is -2.48. The highest BCUT2D eigenvalue weighted by molar-refractivity contribution is 7.89. The molecule has 96 valence electrons. The van der Waals surface area contributed by atoms with Crippen molar-refractivity contribution < 1.29 is 13.3 Å². The molecule has 4 fully saturated rings. The van der Waals surface area contributed by atoms with Crippen molar-refractivity contribution in [2.24, 2.45) is 16.7 Å². The monoisotopic (exact) mass is 297 g/mol. The molecular formula is C10H13Cl2NO3S. The third-order valence-corrected chi connectivity index (χ3v) is 8.36. The molecule has 2 bridgehead atoms. The van der Waals surface area contributed by atoms with Gasteiger partial charge in [-0.25, -0.2) is 8.42 Å². The van der Waals surface area contributed by atoms with Gasteiger partial charge in [-0.1, -0.05) is 37.0 Å². The van der Waals surface area contributed by atoms with Crippen LogP contribution in [0.3, 0.4) is 0 Å². The van der Waals surface area contributed by atoms with E-state index in [-0.39, 0.29) is 17.1 Å². The van der Waals surface area contributed by atoms with Gasteiger partial charge in [0.2, 0.25) is 15.7 Å². The summed E-state index contributed by atoms with van der Waals surface area (Å²) in [6.45, 7) is 4.14. The highest BCUT2D eigenvalue weighted by atomic mass is 35.5. The van der Waals surface area contributed by atoms with Crippen LogP contribution in [-0.4, -0.2) is 28.7 Å². The zero-order valence-corrected chi connectivity index (χ0v) is 11.9. The molecule has 7 heteroatoms. The first-order valence-corrected chi connectivity index (χ1v) is 8.10. The zero-order valence-electron chi connectivity index (χ0n) is 9.53.